The van der Waals surface area contributed by atoms with E-state index < -0.39 is 0 Å². The van der Waals surface area contributed by atoms with E-state index in [2.05, 4.69) is 4.98 Å². The van der Waals surface area contributed by atoms with Gasteiger partial charge in [-0.25, -0.2) is 4.98 Å². The number of allylic oxidation sites excluding steroid dienone is 1. The van der Waals surface area contributed by atoms with Gasteiger partial charge < -0.3 is 4.57 Å². The zero-order valence-corrected chi connectivity index (χ0v) is 5.70. The van der Waals surface area contributed by atoms with E-state index in [0.29, 0.717) is 0 Å². The minimum Gasteiger partial charge on any atom is -0.311 e. The first kappa shape index (κ1) is 6.08. The van der Waals surface area contributed by atoms with Crippen LogP contribution in [0.15, 0.2) is 18.5 Å². The molecule has 1 aromatic rings. The number of nitrogens with zero attached hydrogens (tertiary/aromatic N) is 2. The van der Waals surface area contributed by atoms with Crippen LogP contribution in [0.4, 0.5) is 0 Å². The van der Waals surface area contributed by atoms with E-state index in [1.54, 1.807) is 6.20 Å². The zero-order valence-electron chi connectivity index (χ0n) is 5.70. The van der Waals surface area contributed by atoms with Gasteiger partial charge in [-0.15, -0.1) is 0 Å². The number of aryl methyl sites for hydroxylation is 1. The van der Waals surface area contributed by atoms with Crippen molar-refractivity contribution in [3.63, 3.8) is 0 Å². The molecule has 1 rings (SSSR count). The van der Waals surface area contributed by atoms with Crippen LogP contribution < -0.4 is 0 Å². The third kappa shape index (κ3) is 1.19. The van der Waals surface area contributed by atoms with Crippen LogP contribution in [0.2, 0.25) is 0 Å². The van der Waals surface area contributed by atoms with Crippen LogP contribution in [0.5, 0.6) is 0 Å². The van der Waals surface area contributed by atoms with E-state index in [-0.39, 0.29) is 0 Å². The van der Waals surface area contributed by atoms with E-state index in [1.165, 1.54) is 0 Å². The van der Waals surface area contributed by atoms with Gasteiger partial charge in [-0.05, 0) is 13.8 Å². The largest absolute Gasteiger partial charge is 0.311 e. The predicted molar refractivity (Wildman–Crippen MR) is 38.0 cm³/mol. The first-order valence-electron chi connectivity index (χ1n) is 2.97. The van der Waals surface area contributed by atoms with Crippen molar-refractivity contribution in [2.24, 2.45) is 0 Å². The standard InChI is InChI=1S/C7H10N2/c1-3-5-9-6-4-8-7(9)2/h3-6H,1-2H3/b5-3-. The number of imidazole rings is 1. The summed E-state index contributed by atoms with van der Waals surface area (Å²) in [4.78, 5) is 4.05. The Morgan fingerprint density at radius 3 is 2.89 bits per heavy atom. The Morgan fingerprint density at radius 1 is 1.67 bits per heavy atom. The normalized spacial score (nSPS) is 10.9. The van der Waals surface area contributed by atoms with E-state index in [9.17, 15) is 0 Å². The van der Waals surface area contributed by atoms with Gasteiger partial charge in [0.2, 0.25) is 0 Å². The number of hydrogen-bond donors (Lipinski definition) is 0. The molecular weight excluding hydrogens is 112 g/mol. The summed E-state index contributed by atoms with van der Waals surface area (Å²) in [7, 11) is 0. The molecule has 0 atom stereocenters. The molecule has 0 N–H and O–H groups in total. The van der Waals surface area contributed by atoms with Crippen LogP contribution in [0.1, 0.15) is 12.7 Å². The van der Waals surface area contributed by atoms with E-state index in [0.717, 1.165) is 5.82 Å². The van der Waals surface area contributed by atoms with Crippen LogP contribution in [-0.2, 0) is 0 Å². The lowest BCUT2D eigenvalue weighted by molar-refractivity contribution is 1.03. The molecule has 0 spiro atoms. The molecule has 0 saturated carbocycles. The van der Waals surface area contributed by atoms with E-state index in [4.69, 9.17) is 0 Å². The minimum atomic E-state index is 1.02. The molecule has 0 aliphatic heterocycles. The molecule has 2 heteroatoms. The highest BCUT2D eigenvalue weighted by Crippen LogP contribution is 1.94. The maximum Gasteiger partial charge on any atom is 0.109 e. The molecule has 0 amide bonds. The topological polar surface area (TPSA) is 17.8 Å². The van der Waals surface area contributed by atoms with Crippen LogP contribution in [0, 0.1) is 6.92 Å². The molecular formula is C7H10N2. The van der Waals surface area contributed by atoms with E-state index in [1.807, 2.05) is 36.9 Å². The minimum absolute atomic E-state index is 1.02. The Labute approximate surface area is 54.8 Å². The van der Waals surface area contributed by atoms with Crippen LogP contribution >= 0.6 is 0 Å². The maximum atomic E-state index is 4.05. The smallest absolute Gasteiger partial charge is 0.109 e. The van der Waals surface area contributed by atoms with Gasteiger partial charge in [0, 0.05) is 18.6 Å². The summed E-state index contributed by atoms with van der Waals surface area (Å²) < 4.78 is 1.97. The quantitative estimate of drug-likeness (QED) is 0.554. The first-order chi connectivity index (χ1) is 4.34. The molecule has 2 nitrogen and oxygen atoms in total. The van der Waals surface area contributed by atoms with Gasteiger partial charge in [-0.3, -0.25) is 0 Å². The second-order valence-electron chi connectivity index (χ2n) is 1.86. The molecule has 48 valence electrons. The van der Waals surface area contributed by atoms with Crippen molar-refractivity contribution in [1.82, 2.24) is 9.55 Å². The molecule has 0 aliphatic rings. The van der Waals surface area contributed by atoms with Gasteiger partial charge in [0.15, 0.2) is 0 Å². The van der Waals surface area contributed by atoms with Gasteiger partial charge in [0.25, 0.3) is 0 Å². The van der Waals surface area contributed by atoms with Gasteiger partial charge in [0.1, 0.15) is 5.82 Å². The van der Waals surface area contributed by atoms with E-state index >= 15 is 0 Å². The lowest BCUT2D eigenvalue weighted by Crippen LogP contribution is -1.85. The highest BCUT2D eigenvalue weighted by Gasteiger charge is 1.87. The van der Waals surface area contributed by atoms with Gasteiger partial charge in [0.05, 0.1) is 0 Å². The first-order valence-corrected chi connectivity index (χ1v) is 2.97. The van der Waals surface area contributed by atoms with Crippen LogP contribution in [0.25, 0.3) is 6.20 Å². The second-order valence-corrected chi connectivity index (χ2v) is 1.86. The molecule has 0 radical (unpaired) electrons. The number of hydrogen-bond acceptors (Lipinski definition) is 1. The molecule has 1 aromatic heterocycles. The Bertz CT molecular complexity index is 210. The van der Waals surface area contributed by atoms with Crippen molar-refractivity contribution in [2.75, 3.05) is 0 Å². The van der Waals surface area contributed by atoms with Crippen molar-refractivity contribution in [3.8, 4) is 0 Å². The number of aromatic nitrogens is 2. The van der Waals surface area contributed by atoms with Gasteiger partial charge in [-0.1, -0.05) is 6.08 Å². The summed E-state index contributed by atoms with van der Waals surface area (Å²) in [6, 6.07) is 0. The van der Waals surface area contributed by atoms with Crippen molar-refractivity contribution in [2.45, 2.75) is 13.8 Å². The molecule has 9 heavy (non-hydrogen) atoms. The summed E-state index contributed by atoms with van der Waals surface area (Å²) in [5.74, 6) is 1.02. The monoisotopic (exact) mass is 122 g/mol. The van der Waals surface area contributed by atoms with Gasteiger partial charge in [-0.2, -0.15) is 0 Å². The highest BCUT2D eigenvalue weighted by molar-refractivity contribution is 5.22. The van der Waals surface area contributed by atoms with Crippen LogP contribution in [0.3, 0.4) is 0 Å². The molecule has 0 fully saturated rings. The van der Waals surface area contributed by atoms with Crippen molar-refractivity contribution >= 4 is 6.20 Å². The number of rotatable bonds is 1. The Hall–Kier alpha value is -1.05. The summed E-state index contributed by atoms with van der Waals surface area (Å²) in [5, 5.41) is 0. The van der Waals surface area contributed by atoms with Crippen LogP contribution in [-0.4, -0.2) is 9.55 Å². The summed E-state index contributed by atoms with van der Waals surface area (Å²) in [6.07, 6.45) is 7.67. The third-order valence-electron chi connectivity index (χ3n) is 1.17. The Morgan fingerprint density at radius 2 is 2.44 bits per heavy atom. The Balaban J connectivity index is 2.94. The zero-order chi connectivity index (χ0) is 6.69. The lowest BCUT2D eigenvalue weighted by atomic mass is 10.6. The fourth-order valence-electron chi connectivity index (χ4n) is 0.706. The van der Waals surface area contributed by atoms with Crippen molar-refractivity contribution < 1.29 is 0 Å². The fourth-order valence-corrected chi connectivity index (χ4v) is 0.706. The summed E-state index contributed by atoms with van der Waals surface area (Å²) in [5.41, 5.74) is 0. The summed E-state index contributed by atoms with van der Waals surface area (Å²) in [6.45, 7) is 3.96. The molecule has 0 saturated heterocycles. The third-order valence-corrected chi connectivity index (χ3v) is 1.17. The average molecular weight is 122 g/mol. The van der Waals surface area contributed by atoms with Gasteiger partial charge >= 0.3 is 0 Å². The highest BCUT2D eigenvalue weighted by atomic mass is 15.0. The van der Waals surface area contributed by atoms with Crippen molar-refractivity contribution in [1.29, 1.82) is 0 Å². The molecule has 0 unspecified atom stereocenters. The lowest BCUT2D eigenvalue weighted by Gasteiger charge is -1.91. The Kier molecular flexibility index (Phi) is 1.68. The molecule has 1 heterocycles. The summed E-state index contributed by atoms with van der Waals surface area (Å²) >= 11 is 0. The average Bonchev–Trinajstić information content (AvgIpc) is 2.18. The van der Waals surface area contributed by atoms with Crippen molar-refractivity contribution in [3.05, 3.63) is 24.3 Å². The fraction of sp³-hybridized carbons (Fsp3) is 0.286. The molecule has 0 aliphatic carbocycles. The maximum absolute atomic E-state index is 4.05. The predicted octanol–water partition coefficient (Wildman–Crippen LogP) is 1.68. The molecule has 0 aromatic carbocycles. The molecule has 0 bridgehead atoms. The SMILES string of the molecule is C/C=C\n1ccnc1C. The second kappa shape index (κ2) is 2.49.